The molecule has 5 nitrogen and oxygen atoms in total. The number of nitrogens with zero attached hydrogens (tertiary/aromatic N) is 3. The van der Waals surface area contributed by atoms with Crippen molar-refractivity contribution in [3.63, 3.8) is 0 Å². The normalized spacial score (nSPS) is 18.3. The fraction of sp³-hybridized carbons (Fsp3) is 0.333. The molecule has 1 atom stereocenters. The van der Waals surface area contributed by atoms with E-state index in [1.165, 1.54) is 0 Å². The molecule has 1 aromatic carbocycles. The molecule has 1 saturated heterocycles. The Morgan fingerprint density at radius 3 is 2.82 bits per heavy atom. The standard InChI is InChI=1S/C15H15Cl2N3O2/c1-21-15-14(18-4-5-19-15)20-6-7-22-13(9-20)10-2-3-11(16)12(17)8-10/h2-5,8,13H,6-7,9H2,1H3/t13-/m1/s1. The third kappa shape index (κ3) is 3.11. The van der Waals surface area contributed by atoms with Crippen LogP contribution in [0.3, 0.4) is 0 Å². The quantitative estimate of drug-likeness (QED) is 0.857. The van der Waals surface area contributed by atoms with Gasteiger partial charge in [0, 0.05) is 18.9 Å². The summed E-state index contributed by atoms with van der Waals surface area (Å²) in [6.07, 6.45) is 3.16. The smallest absolute Gasteiger partial charge is 0.257 e. The van der Waals surface area contributed by atoms with Crippen LogP contribution in [0.15, 0.2) is 30.6 Å². The lowest BCUT2D eigenvalue weighted by molar-refractivity contribution is 0.0393. The summed E-state index contributed by atoms with van der Waals surface area (Å²) in [6, 6.07) is 5.55. The maximum Gasteiger partial charge on any atom is 0.257 e. The lowest BCUT2D eigenvalue weighted by Crippen LogP contribution is -2.39. The number of hydrogen-bond donors (Lipinski definition) is 0. The van der Waals surface area contributed by atoms with Crippen molar-refractivity contribution >= 4 is 29.0 Å². The van der Waals surface area contributed by atoms with Gasteiger partial charge in [-0.15, -0.1) is 0 Å². The molecule has 0 radical (unpaired) electrons. The van der Waals surface area contributed by atoms with Gasteiger partial charge in [0.25, 0.3) is 5.88 Å². The molecule has 3 rings (SSSR count). The third-order valence-corrected chi connectivity index (χ3v) is 4.26. The largest absolute Gasteiger partial charge is 0.478 e. The van der Waals surface area contributed by atoms with Crippen LogP contribution in [-0.4, -0.2) is 36.8 Å². The summed E-state index contributed by atoms with van der Waals surface area (Å²) < 4.78 is 11.1. The van der Waals surface area contributed by atoms with Crippen LogP contribution in [0.5, 0.6) is 5.88 Å². The van der Waals surface area contributed by atoms with Gasteiger partial charge in [-0.25, -0.2) is 9.97 Å². The molecule has 22 heavy (non-hydrogen) atoms. The number of hydrogen-bond acceptors (Lipinski definition) is 5. The number of benzene rings is 1. The summed E-state index contributed by atoms with van der Waals surface area (Å²) in [5.41, 5.74) is 0.988. The van der Waals surface area contributed by atoms with E-state index >= 15 is 0 Å². The van der Waals surface area contributed by atoms with Gasteiger partial charge in [-0.1, -0.05) is 29.3 Å². The summed E-state index contributed by atoms with van der Waals surface area (Å²) >= 11 is 12.1. The second-order valence-electron chi connectivity index (χ2n) is 4.87. The van der Waals surface area contributed by atoms with E-state index in [1.807, 2.05) is 12.1 Å². The number of ether oxygens (including phenoxy) is 2. The zero-order valence-corrected chi connectivity index (χ0v) is 13.5. The first kappa shape index (κ1) is 15.3. The maximum atomic E-state index is 6.09. The molecule has 0 bridgehead atoms. The predicted octanol–water partition coefficient (Wildman–Crippen LogP) is 3.37. The monoisotopic (exact) mass is 339 g/mol. The van der Waals surface area contributed by atoms with Gasteiger partial charge < -0.3 is 14.4 Å². The van der Waals surface area contributed by atoms with Gasteiger partial charge >= 0.3 is 0 Å². The highest BCUT2D eigenvalue weighted by molar-refractivity contribution is 6.42. The topological polar surface area (TPSA) is 47.5 Å². The second kappa shape index (κ2) is 6.69. The summed E-state index contributed by atoms with van der Waals surface area (Å²) in [5, 5.41) is 1.06. The minimum atomic E-state index is -0.102. The molecule has 0 aliphatic carbocycles. The first-order valence-corrected chi connectivity index (χ1v) is 7.61. The average molecular weight is 340 g/mol. The van der Waals surface area contributed by atoms with Crippen LogP contribution in [0.1, 0.15) is 11.7 Å². The molecule has 0 N–H and O–H groups in total. The fourth-order valence-electron chi connectivity index (χ4n) is 2.43. The molecular weight excluding hydrogens is 325 g/mol. The van der Waals surface area contributed by atoms with Crippen LogP contribution < -0.4 is 9.64 Å². The second-order valence-corrected chi connectivity index (χ2v) is 5.68. The summed E-state index contributed by atoms with van der Waals surface area (Å²) in [4.78, 5) is 10.7. The zero-order chi connectivity index (χ0) is 15.5. The molecule has 7 heteroatoms. The number of aromatic nitrogens is 2. The van der Waals surface area contributed by atoms with Crippen molar-refractivity contribution in [3.8, 4) is 5.88 Å². The van der Waals surface area contributed by atoms with E-state index in [-0.39, 0.29) is 6.10 Å². The molecule has 1 aliphatic rings. The summed E-state index contributed by atoms with van der Waals surface area (Å²) in [7, 11) is 1.59. The zero-order valence-electron chi connectivity index (χ0n) is 12.0. The van der Waals surface area contributed by atoms with Crippen molar-refractivity contribution in [2.24, 2.45) is 0 Å². The molecule has 0 amide bonds. The average Bonchev–Trinajstić information content (AvgIpc) is 2.57. The van der Waals surface area contributed by atoms with Crippen molar-refractivity contribution < 1.29 is 9.47 Å². The van der Waals surface area contributed by atoms with Crippen molar-refractivity contribution in [2.45, 2.75) is 6.10 Å². The third-order valence-electron chi connectivity index (χ3n) is 3.52. The Bertz CT molecular complexity index is 669. The molecule has 2 heterocycles. The highest BCUT2D eigenvalue weighted by Crippen LogP contribution is 2.31. The first-order valence-electron chi connectivity index (χ1n) is 6.85. The van der Waals surface area contributed by atoms with E-state index in [0.29, 0.717) is 29.1 Å². The van der Waals surface area contributed by atoms with Gasteiger partial charge in [-0.3, -0.25) is 0 Å². The Labute approximate surface area is 138 Å². The maximum absolute atomic E-state index is 6.09. The fourth-order valence-corrected chi connectivity index (χ4v) is 2.74. The van der Waals surface area contributed by atoms with Gasteiger partial charge in [0.1, 0.15) is 6.10 Å². The molecular formula is C15H15Cl2N3O2. The van der Waals surface area contributed by atoms with Crippen LogP contribution in [0.4, 0.5) is 5.82 Å². The molecule has 0 unspecified atom stereocenters. The Morgan fingerprint density at radius 1 is 1.23 bits per heavy atom. The molecule has 1 aromatic heterocycles. The SMILES string of the molecule is COc1nccnc1N1CCO[C@@H](c2ccc(Cl)c(Cl)c2)C1. The number of halogens is 2. The van der Waals surface area contributed by atoms with Gasteiger partial charge in [0.2, 0.25) is 0 Å². The van der Waals surface area contributed by atoms with Crippen molar-refractivity contribution in [2.75, 3.05) is 31.7 Å². The van der Waals surface area contributed by atoms with Gasteiger partial charge in [-0.2, -0.15) is 0 Å². The van der Waals surface area contributed by atoms with E-state index in [4.69, 9.17) is 32.7 Å². The Kier molecular flexibility index (Phi) is 4.66. The number of rotatable bonds is 3. The first-order chi connectivity index (χ1) is 10.7. The Morgan fingerprint density at radius 2 is 2.05 bits per heavy atom. The van der Waals surface area contributed by atoms with Crippen molar-refractivity contribution in [1.82, 2.24) is 9.97 Å². The molecule has 116 valence electrons. The van der Waals surface area contributed by atoms with Gasteiger partial charge in [0.15, 0.2) is 5.82 Å². The Hall–Kier alpha value is -1.56. The van der Waals surface area contributed by atoms with Crippen LogP contribution >= 0.6 is 23.2 Å². The lowest BCUT2D eigenvalue weighted by Gasteiger charge is -2.34. The van der Waals surface area contributed by atoms with Gasteiger partial charge in [0.05, 0.1) is 30.3 Å². The minimum absolute atomic E-state index is 0.102. The summed E-state index contributed by atoms with van der Waals surface area (Å²) in [6.45, 7) is 1.96. The van der Waals surface area contributed by atoms with Gasteiger partial charge in [-0.05, 0) is 17.7 Å². The van der Waals surface area contributed by atoms with Crippen molar-refractivity contribution in [3.05, 3.63) is 46.2 Å². The number of anilines is 1. The molecule has 1 aliphatic heterocycles. The van der Waals surface area contributed by atoms with Crippen molar-refractivity contribution in [1.29, 1.82) is 0 Å². The number of methoxy groups -OCH3 is 1. The van der Waals surface area contributed by atoms with E-state index in [1.54, 1.807) is 25.6 Å². The van der Waals surface area contributed by atoms with Crippen LogP contribution in [0.25, 0.3) is 0 Å². The molecule has 1 fully saturated rings. The summed E-state index contributed by atoms with van der Waals surface area (Å²) in [5.74, 6) is 1.23. The predicted molar refractivity (Wildman–Crippen MR) is 86.0 cm³/mol. The highest BCUT2D eigenvalue weighted by atomic mass is 35.5. The van der Waals surface area contributed by atoms with Crippen LogP contribution in [-0.2, 0) is 4.74 Å². The van der Waals surface area contributed by atoms with Crippen LogP contribution in [0, 0.1) is 0 Å². The van der Waals surface area contributed by atoms with E-state index in [9.17, 15) is 0 Å². The minimum Gasteiger partial charge on any atom is -0.478 e. The lowest BCUT2D eigenvalue weighted by atomic mass is 10.1. The Balaban J connectivity index is 1.83. The highest BCUT2D eigenvalue weighted by Gasteiger charge is 2.25. The molecule has 2 aromatic rings. The number of morpholine rings is 1. The molecule has 0 saturated carbocycles. The van der Waals surface area contributed by atoms with Crippen LogP contribution in [0.2, 0.25) is 10.0 Å². The molecule has 0 spiro atoms. The van der Waals surface area contributed by atoms with E-state index < -0.39 is 0 Å². The van der Waals surface area contributed by atoms with E-state index in [2.05, 4.69) is 14.9 Å². The van der Waals surface area contributed by atoms with E-state index in [0.717, 1.165) is 17.9 Å².